The van der Waals surface area contributed by atoms with Gasteiger partial charge < -0.3 is 9.47 Å². The van der Waals surface area contributed by atoms with Gasteiger partial charge in [0.15, 0.2) is 0 Å². The van der Waals surface area contributed by atoms with Gasteiger partial charge >= 0.3 is 11.9 Å². The third-order valence-electron chi connectivity index (χ3n) is 3.64. The highest BCUT2D eigenvalue weighted by atomic mass is 32.1. The van der Waals surface area contributed by atoms with E-state index in [1.54, 1.807) is 13.8 Å². The maximum absolute atomic E-state index is 12.0. The lowest BCUT2D eigenvalue weighted by molar-refractivity contribution is -0.142. The van der Waals surface area contributed by atoms with Gasteiger partial charge in [-0.3, -0.25) is 0 Å². The van der Waals surface area contributed by atoms with Crippen molar-refractivity contribution in [3.8, 4) is 0 Å². The van der Waals surface area contributed by atoms with Crippen molar-refractivity contribution in [3.05, 3.63) is 11.1 Å². The fourth-order valence-electron chi connectivity index (χ4n) is 2.95. The summed E-state index contributed by atoms with van der Waals surface area (Å²) in [5.41, 5.74) is 1.01. The molecule has 0 heterocycles. The highest BCUT2D eigenvalue weighted by Crippen LogP contribution is 2.51. The predicted octanol–water partition coefficient (Wildman–Crippen LogP) is 1.75. The molecular formula is C13H18O4S. The van der Waals surface area contributed by atoms with E-state index in [0.29, 0.717) is 24.4 Å². The van der Waals surface area contributed by atoms with Crippen LogP contribution in [0.5, 0.6) is 0 Å². The lowest BCUT2D eigenvalue weighted by Gasteiger charge is -2.17. The summed E-state index contributed by atoms with van der Waals surface area (Å²) in [6.07, 6.45) is 1.80. The van der Waals surface area contributed by atoms with Crippen LogP contribution >= 0.6 is 12.6 Å². The fraction of sp³-hybridized carbons (Fsp3) is 0.692. The lowest BCUT2D eigenvalue weighted by atomic mass is 9.92. The SMILES string of the molecule is CCOC(=O)C1=C(C(=O)OCC)C2CCC1C2S. The smallest absolute Gasteiger partial charge is 0.334 e. The molecule has 1 fully saturated rings. The minimum Gasteiger partial charge on any atom is -0.463 e. The van der Waals surface area contributed by atoms with Crippen LogP contribution in [0, 0.1) is 11.8 Å². The first kappa shape index (κ1) is 13.5. The zero-order valence-electron chi connectivity index (χ0n) is 10.6. The van der Waals surface area contributed by atoms with Crippen molar-refractivity contribution in [2.75, 3.05) is 13.2 Å². The first-order valence-electron chi connectivity index (χ1n) is 6.38. The zero-order chi connectivity index (χ0) is 13.3. The predicted molar refractivity (Wildman–Crippen MR) is 69.3 cm³/mol. The van der Waals surface area contributed by atoms with Crippen LogP contribution in [0.1, 0.15) is 26.7 Å². The Kier molecular flexibility index (Phi) is 4.00. The van der Waals surface area contributed by atoms with Gasteiger partial charge in [-0.25, -0.2) is 9.59 Å². The number of carbonyl (C=O) groups is 2. The number of rotatable bonds is 4. The van der Waals surface area contributed by atoms with E-state index >= 15 is 0 Å². The molecule has 2 aliphatic rings. The van der Waals surface area contributed by atoms with Crippen molar-refractivity contribution in [2.45, 2.75) is 31.9 Å². The van der Waals surface area contributed by atoms with Crippen molar-refractivity contribution in [1.29, 1.82) is 0 Å². The number of esters is 2. The second kappa shape index (κ2) is 5.34. The normalized spacial score (nSPS) is 29.6. The number of fused-ring (bicyclic) bond motifs is 2. The van der Waals surface area contributed by atoms with Gasteiger partial charge in [0.05, 0.1) is 24.4 Å². The van der Waals surface area contributed by atoms with E-state index in [-0.39, 0.29) is 29.0 Å². The van der Waals surface area contributed by atoms with Crippen molar-refractivity contribution >= 4 is 24.6 Å². The van der Waals surface area contributed by atoms with E-state index in [1.165, 1.54) is 0 Å². The molecule has 0 saturated heterocycles. The largest absolute Gasteiger partial charge is 0.463 e. The van der Waals surface area contributed by atoms with Gasteiger partial charge in [0, 0.05) is 17.1 Å². The lowest BCUT2D eigenvalue weighted by Crippen LogP contribution is -2.21. The Morgan fingerprint density at radius 1 is 1.06 bits per heavy atom. The Bertz CT molecular complexity index is 366. The summed E-state index contributed by atoms with van der Waals surface area (Å²) in [6.45, 7) is 4.14. The van der Waals surface area contributed by atoms with Gasteiger partial charge in [-0.15, -0.1) is 0 Å². The molecule has 0 aliphatic heterocycles. The molecule has 0 aromatic rings. The van der Waals surface area contributed by atoms with Gasteiger partial charge in [-0.2, -0.15) is 12.6 Å². The third-order valence-corrected chi connectivity index (χ3v) is 4.36. The van der Waals surface area contributed by atoms with Crippen molar-refractivity contribution in [2.24, 2.45) is 11.8 Å². The minimum absolute atomic E-state index is 0.0387. The molecule has 1 saturated carbocycles. The summed E-state index contributed by atoms with van der Waals surface area (Å²) in [5, 5.41) is 0.0452. The minimum atomic E-state index is -0.383. The number of thiol groups is 1. The van der Waals surface area contributed by atoms with E-state index < -0.39 is 0 Å². The first-order valence-corrected chi connectivity index (χ1v) is 6.89. The maximum atomic E-state index is 12.0. The van der Waals surface area contributed by atoms with E-state index in [2.05, 4.69) is 12.6 Å². The molecule has 2 atom stereocenters. The first-order chi connectivity index (χ1) is 8.61. The molecule has 2 rings (SSSR count). The molecule has 0 N–H and O–H groups in total. The summed E-state index contributed by atoms with van der Waals surface area (Å²) < 4.78 is 10.1. The number of hydrogen-bond acceptors (Lipinski definition) is 5. The van der Waals surface area contributed by atoms with E-state index in [0.717, 1.165) is 12.8 Å². The highest BCUT2D eigenvalue weighted by Gasteiger charge is 2.51. The summed E-state index contributed by atoms with van der Waals surface area (Å²) in [7, 11) is 0. The van der Waals surface area contributed by atoms with Crippen LogP contribution in [0.2, 0.25) is 0 Å². The molecule has 0 spiro atoms. The van der Waals surface area contributed by atoms with Crippen LogP contribution in [0.3, 0.4) is 0 Å². The number of ether oxygens (including phenoxy) is 2. The average molecular weight is 270 g/mol. The molecule has 0 aromatic heterocycles. The van der Waals surface area contributed by atoms with Crippen LogP contribution in [0.25, 0.3) is 0 Å². The third kappa shape index (κ3) is 2.05. The van der Waals surface area contributed by atoms with Gasteiger partial charge in [0.1, 0.15) is 0 Å². The quantitative estimate of drug-likeness (QED) is 0.624. The number of hydrogen-bond donors (Lipinski definition) is 1. The molecule has 18 heavy (non-hydrogen) atoms. The van der Waals surface area contributed by atoms with Crippen molar-refractivity contribution in [3.63, 3.8) is 0 Å². The van der Waals surface area contributed by atoms with Crippen molar-refractivity contribution in [1.82, 2.24) is 0 Å². The molecule has 0 aromatic carbocycles. The van der Waals surface area contributed by atoms with E-state index in [9.17, 15) is 9.59 Å². The van der Waals surface area contributed by atoms with Gasteiger partial charge in [0.25, 0.3) is 0 Å². The topological polar surface area (TPSA) is 52.6 Å². The Hall–Kier alpha value is -0.970. The standard InChI is InChI=1S/C13H18O4S/c1-3-16-12(14)9-7-5-6-8(11(7)18)10(9)13(15)17-4-2/h7-8,11,18H,3-6H2,1-2H3. The Labute approximate surface area is 112 Å². The van der Waals surface area contributed by atoms with E-state index in [1.807, 2.05) is 0 Å². The monoisotopic (exact) mass is 270 g/mol. The van der Waals surface area contributed by atoms with Gasteiger partial charge in [-0.05, 0) is 26.7 Å². The van der Waals surface area contributed by atoms with Crippen molar-refractivity contribution < 1.29 is 19.1 Å². The summed E-state index contributed by atoms with van der Waals surface area (Å²) >= 11 is 4.53. The molecular weight excluding hydrogens is 252 g/mol. The maximum Gasteiger partial charge on any atom is 0.334 e. The van der Waals surface area contributed by atoms with E-state index in [4.69, 9.17) is 9.47 Å². The van der Waals surface area contributed by atoms with Crippen LogP contribution in [-0.4, -0.2) is 30.4 Å². The molecule has 100 valence electrons. The molecule has 0 amide bonds. The highest BCUT2D eigenvalue weighted by molar-refractivity contribution is 7.81. The summed E-state index contributed by atoms with van der Waals surface area (Å²) in [5.74, 6) is -0.688. The number of carbonyl (C=O) groups excluding carboxylic acids is 2. The average Bonchev–Trinajstić information content (AvgIpc) is 2.83. The fourth-order valence-corrected chi connectivity index (χ4v) is 3.55. The van der Waals surface area contributed by atoms with Crippen LogP contribution in [0.4, 0.5) is 0 Å². The summed E-state index contributed by atoms with van der Waals surface area (Å²) in [4.78, 5) is 24.0. The summed E-state index contributed by atoms with van der Waals surface area (Å²) in [6, 6.07) is 0. The molecule has 4 nitrogen and oxygen atoms in total. The Balaban J connectivity index is 2.33. The second-order valence-electron chi connectivity index (χ2n) is 4.55. The Morgan fingerprint density at radius 2 is 1.44 bits per heavy atom. The molecule has 2 bridgehead atoms. The van der Waals surface area contributed by atoms with Crippen LogP contribution < -0.4 is 0 Å². The Morgan fingerprint density at radius 3 is 1.78 bits per heavy atom. The second-order valence-corrected chi connectivity index (χ2v) is 5.15. The molecule has 0 radical (unpaired) electrons. The zero-order valence-corrected chi connectivity index (χ0v) is 11.5. The van der Waals surface area contributed by atoms with Gasteiger partial charge in [-0.1, -0.05) is 0 Å². The molecule has 2 aliphatic carbocycles. The van der Waals surface area contributed by atoms with Crippen LogP contribution in [0.15, 0.2) is 11.1 Å². The van der Waals surface area contributed by atoms with Crippen LogP contribution in [-0.2, 0) is 19.1 Å². The molecule has 2 unspecified atom stereocenters. The molecule has 5 heteroatoms. The van der Waals surface area contributed by atoms with Gasteiger partial charge in [0.2, 0.25) is 0 Å².